The van der Waals surface area contributed by atoms with Gasteiger partial charge in [-0.3, -0.25) is 4.79 Å². The molecule has 7 heteroatoms. The van der Waals surface area contributed by atoms with Crippen LogP contribution in [0.2, 0.25) is 0 Å². The maximum Gasteiger partial charge on any atom is 0.209 e. The van der Waals surface area contributed by atoms with Crippen molar-refractivity contribution >= 4 is 44.8 Å². The van der Waals surface area contributed by atoms with Gasteiger partial charge in [-0.25, -0.2) is 4.98 Å². The van der Waals surface area contributed by atoms with Crippen LogP contribution in [0.15, 0.2) is 21.1 Å². The van der Waals surface area contributed by atoms with Gasteiger partial charge < -0.3 is 0 Å². The summed E-state index contributed by atoms with van der Waals surface area (Å²) < 4.78 is 0.970. The number of thiophene rings is 1. The molecule has 0 N–H and O–H groups in total. The molecule has 0 aliphatic heterocycles. The predicted molar refractivity (Wildman–Crippen MR) is 100 cm³/mol. The first-order chi connectivity index (χ1) is 11.3. The van der Waals surface area contributed by atoms with Crippen LogP contribution in [0.3, 0.4) is 0 Å². The zero-order valence-electron chi connectivity index (χ0n) is 13.8. The number of fused-ring (bicyclic) bond motifs is 5. The Labute approximate surface area is 158 Å². The molecule has 0 spiro atoms. The van der Waals surface area contributed by atoms with E-state index in [-0.39, 0.29) is 16.6 Å². The summed E-state index contributed by atoms with van der Waals surface area (Å²) in [4.78, 5) is 17.8. The first kappa shape index (κ1) is 16.7. The van der Waals surface area contributed by atoms with E-state index in [0.717, 1.165) is 26.5 Å². The Kier molecular flexibility index (Phi) is 3.89. The summed E-state index contributed by atoms with van der Waals surface area (Å²) in [5.41, 5.74) is 2.43. The molecule has 24 heavy (non-hydrogen) atoms. The van der Waals surface area contributed by atoms with Gasteiger partial charge in [-0.2, -0.15) is 5.10 Å². The van der Waals surface area contributed by atoms with Crippen molar-refractivity contribution in [1.82, 2.24) is 15.2 Å². The van der Waals surface area contributed by atoms with Crippen molar-refractivity contribution in [2.45, 2.75) is 50.1 Å². The average Bonchev–Trinajstić information content (AvgIpc) is 3.12. The van der Waals surface area contributed by atoms with E-state index in [9.17, 15) is 4.79 Å². The molecule has 126 valence electrons. The van der Waals surface area contributed by atoms with Gasteiger partial charge in [0.2, 0.25) is 5.16 Å². The number of Topliss-reactive ketones (excluding diaryl/α,β-unsaturated/α-hetero) is 1. The standard InChI is InChI=1S/C17H18BrN3OS2/c1-16(2)9-6-7-17(16,3)14-13(9)20-21-15(19-14)23-8-10(22)11-4-5-12(18)24-11/h4-5,9H,6-8H2,1-3H3. The largest absolute Gasteiger partial charge is 0.292 e. The van der Waals surface area contributed by atoms with Gasteiger partial charge in [0.25, 0.3) is 0 Å². The second kappa shape index (κ2) is 5.61. The molecule has 2 aliphatic rings. The summed E-state index contributed by atoms with van der Waals surface area (Å²) in [5, 5.41) is 9.38. The molecule has 2 atom stereocenters. The zero-order valence-corrected chi connectivity index (χ0v) is 17.0. The topological polar surface area (TPSA) is 55.7 Å². The van der Waals surface area contributed by atoms with E-state index in [1.807, 2.05) is 12.1 Å². The highest BCUT2D eigenvalue weighted by Gasteiger charge is 2.61. The van der Waals surface area contributed by atoms with E-state index in [1.165, 1.54) is 29.5 Å². The monoisotopic (exact) mass is 423 g/mol. The minimum Gasteiger partial charge on any atom is -0.292 e. The Hall–Kier alpha value is -0.790. The molecule has 2 aromatic heterocycles. The highest BCUT2D eigenvalue weighted by molar-refractivity contribution is 9.11. The predicted octanol–water partition coefficient (Wildman–Crippen LogP) is 4.85. The molecule has 4 rings (SSSR count). The van der Waals surface area contributed by atoms with Gasteiger partial charge in [-0.1, -0.05) is 32.5 Å². The van der Waals surface area contributed by atoms with Crippen LogP contribution < -0.4 is 0 Å². The van der Waals surface area contributed by atoms with Gasteiger partial charge in [0.15, 0.2) is 5.78 Å². The van der Waals surface area contributed by atoms with Crippen molar-refractivity contribution in [3.63, 3.8) is 0 Å². The van der Waals surface area contributed by atoms with Crippen molar-refractivity contribution in [2.75, 3.05) is 5.75 Å². The van der Waals surface area contributed by atoms with E-state index >= 15 is 0 Å². The lowest BCUT2D eigenvalue weighted by Crippen LogP contribution is -2.32. The smallest absolute Gasteiger partial charge is 0.209 e. The number of hydrogen-bond acceptors (Lipinski definition) is 6. The Balaban J connectivity index is 1.55. The summed E-state index contributed by atoms with van der Waals surface area (Å²) in [6.07, 6.45) is 2.33. The summed E-state index contributed by atoms with van der Waals surface area (Å²) in [7, 11) is 0. The molecule has 0 radical (unpaired) electrons. The summed E-state index contributed by atoms with van der Waals surface area (Å²) in [6.45, 7) is 6.94. The minimum absolute atomic E-state index is 0.0703. The highest BCUT2D eigenvalue weighted by atomic mass is 79.9. The lowest BCUT2D eigenvalue weighted by Gasteiger charge is -2.33. The van der Waals surface area contributed by atoms with Crippen molar-refractivity contribution < 1.29 is 4.79 Å². The molecule has 1 saturated carbocycles. The molecular weight excluding hydrogens is 406 g/mol. The Morgan fingerprint density at radius 1 is 1.38 bits per heavy atom. The normalized spacial score (nSPS) is 26.6. The van der Waals surface area contributed by atoms with E-state index in [2.05, 4.69) is 46.9 Å². The first-order valence-electron chi connectivity index (χ1n) is 7.99. The van der Waals surface area contributed by atoms with Crippen LogP contribution in [0.1, 0.15) is 60.6 Å². The number of hydrogen-bond donors (Lipinski definition) is 0. The van der Waals surface area contributed by atoms with Crippen LogP contribution in [-0.4, -0.2) is 26.7 Å². The van der Waals surface area contributed by atoms with Crippen LogP contribution in [0.4, 0.5) is 0 Å². The molecule has 2 heterocycles. The molecule has 2 aromatic rings. The second-order valence-electron chi connectivity index (χ2n) is 7.29. The van der Waals surface area contributed by atoms with Gasteiger partial charge in [0, 0.05) is 11.3 Å². The maximum atomic E-state index is 12.3. The molecule has 2 unspecified atom stereocenters. The zero-order chi connectivity index (χ0) is 17.1. The van der Waals surface area contributed by atoms with Crippen molar-refractivity contribution in [3.8, 4) is 0 Å². The third-order valence-electron chi connectivity index (χ3n) is 5.95. The summed E-state index contributed by atoms with van der Waals surface area (Å²) in [6, 6.07) is 3.75. The van der Waals surface area contributed by atoms with Gasteiger partial charge >= 0.3 is 0 Å². The Morgan fingerprint density at radius 3 is 2.88 bits per heavy atom. The molecule has 0 amide bonds. The molecule has 0 saturated heterocycles. The third kappa shape index (κ3) is 2.31. The van der Waals surface area contributed by atoms with E-state index in [4.69, 9.17) is 4.98 Å². The van der Waals surface area contributed by atoms with Crippen LogP contribution in [-0.2, 0) is 5.41 Å². The molecular formula is C17H18BrN3OS2. The number of nitrogens with zero attached hydrogens (tertiary/aromatic N) is 3. The molecule has 4 nitrogen and oxygen atoms in total. The second-order valence-corrected chi connectivity index (χ2v) is 10.7. The maximum absolute atomic E-state index is 12.3. The van der Waals surface area contributed by atoms with E-state index < -0.39 is 0 Å². The number of rotatable bonds is 4. The summed E-state index contributed by atoms with van der Waals surface area (Å²) in [5.74, 6) is 0.909. The van der Waals surface area contributed by atoms with Crippen LogP contribution >= 0.6 is 39.0 Å². The van der Waals surface area contributed by atoms with Gasteiger partial charge in [-0.05, 0) is 46.3 Å². The van der Waals surface area contributed by atoms with Gasteiger partial charge in [0.1, 0.15) is 0 Å². The third-order valence-corrected chi connectivity index (χ3v) is 8.46. The number of carbonyl (C=O) groups excluding carboxylic acids is 1. The van der Waals surface area contributed by atoms with Gasteiger partial charge in [0.05, 0.1) is 25.8 Å². The SMILES string of the molecule is CC12CCC(c3nnc(SCC(=O)c4ccc(Br)s4)nc31)C2(C)C. The molecule has 2 aliphatic carbocycles. The number of carbonyl (C=O) groups is 1. The molecule has 1 fully saturated rings. The summed E-state index contributed by atoms with van der Waals surface area (Å²) >= 11 is 6.23. The Morgan fingerprint density at radius 2 is 2.17 bits per heavy atom. The number of halogens is 1. The average molecular weight is 424 g/mol. The van der Waals surface area contributed by atoms with Crippen molar-refractivity contribution in [1.29, 1.82) is 0 Å². The van der Waals surface area contributed by atoms with Gasteiger partial charge in [-0.15, -0.1) is 16.4 Å². The van der Waals surface area contributed by atoms with E-state index in [0.29, 0.717) is 16.8 Å². The fraction of sp³-hybridized carbons (Fsp3) is 0.529. The van der Waals surface area contributed by atoms with Crippen LogP contribution in [0.25, 0.3) is 0 Å². The fourth-order valence-corrected chi connectivity index (χ4v) is 6.17. The van der Waals surface area contributed by atoms with Crippen LogP contribution in [0.5, 0.6) is 0 Å². The molecule has 0 aromatic carbocycles. The Bertz CT molecular complexity index is 835. The first-order valence-corrected chi connectivity index (χ1v) is 10.6. The van der Waals surface area contributed by atoms with E-state index in [1.54, 1.807) is 0 Å². The molecule has 2 bridgehead atoms. The lowest BCUT2D eigenvalue weighted by atomic mass is 9.70. The lowest BCUT2D eigenvalue weighted by molar-refractivity contribution is 0.102. The fourth-order valence-electron chi connectivity index (χ4n) is 4.09. The van der Waals surface area contributed by atoms with Crippen molar-refractivity contribution in [3.05, 3.63) is 32.2 Å². The van der Waals surface area contributed by atoms with Crippen LogP contribution in [0, 0.1) is 5.41 Å². The minimum atomic E-state index is 0.0703. The number of thioether (sulfide) groups is 1. The van der Waals surface area contributed by atoms with Crippen molar-refractivity contribution in [2.24, 2.45) is 5.41 Å². The number of ketones is 1. The quantitative estimate of drug-likeness (QED) is 0.519. The highest BCUT2D eigenvalue weighted by Crippen LogP contribution is 2.66. The number of aromatic nitrogens is 3.